The second kappa shape index (κ2) is 5.15. The standard InChI is InChI=1S/C14H18O2/c1-2-5-14(15)16-13-9-8-11-6-3-4-7-12(11)10-13/h3-4,6-7,13H,2,5,8-10H2,1H3/t13-/m1/s1. The second-order valence-corrected chi connectivity index (χ2v) is 4.37. The van der Waals surface area contributed by atoms with Crippen molar-refractivity contribution in [3.05, 3.63) is 35.4 Å². The molecule has 0 aromatic heterocycles. The van der Waals surface area contributed by atoms with Crippen molar-refractivity contribution in [3.8, 4) is 0 Å². The lowest BCUT2D eigenvalue weighted by molar-refractivity contribution is -0.149. The van der Waals surface area contributed by atoms with Crippen molar-refractivity contribution in [1.29, 1.82) is 0 Å². The minimum Gasteiger partial charge on any atom is -0.462 e. The first-order valence-corrected chi connectivity index (χ1v) is 6.06. The highest BCUT2D eigenvalue weighted by Gasteiger charge is 2.20. The maximum absolute atomic E-state index is 11.4. The van der Waals surface area contributed by atoms with E-state index in [0.717, 1.165) is 25.7 Å². The van der Waals surface area contributed by atoms with Gasteiger partial charge in [0.25, 0.3) is 0 Å². The third kappa shape index (κ3) is 2.63. The molecule has 2 heteroatoms. The number of hydrogen-bond donors (Lipinski definition) is 0. The fourth-order valence-corrected chi connectivity index (χ4v) is 2.21. The highest BCUT2D eigenvalue weighted by atomic mass is 16.5. The Morgan fingerprint density at radius 1 is 1.38 bits per heavy atom. The molecule has 0 saturated carbocycles. The van der Waals surface area contributed by atoms with Gasteiger partial charge in [0.2, 0.25) is 0 Å². The van der Waals surface area contributed by atoms with Crippen molar-refractivity contribution >= 4 is 5.97 Å². The van der Waals surface area contributed by atoms with Crippen LogP contribution >= 0.6 is 0 Å². The number of hydrogen-bond acceptors (Lipinski definition) is 2. The molecular formula is C14H18O2. The van der Waals surface area contributed by atoms with E-state index in [1.165, 1.54) is 11.1 Å². The molecule has 1 atom stereocenters. The fraction of sp³-hybridized carbons (Fsp3) is 0.500. The first-order chi connectivity index (χ1) is 7.79. The minimum atomic E-state index is -0.0492. The van der Waals surface area contributed by atoms with Crippen LogP contribution in [-0.4, -0.2) is 12.1 Å². The molecule has 0 aliphatic heterocycles. The van der Waals surface area contributed by atoms with Crippen LogP contribution in [0.1, 0.15) is 37.3 Å². The Balaban J connectivity index is 1.95. The van der Waals surface area contributed by atoms with Crippen molar-refractivity contribution in [3.63, 3.8) is 0 Å². The summed E-state index contributed by atoms with van der Waals surface area (Å²) in [4.78, 5) is 11.4. The van der Waals surface area contributed by atoms with Crippen molar-refractivity contribution < 1.29 is 9.53 Å². The van der Waals surface area contributed by atoms with Crippen molar-refractivity contribution in [2.45, 2.75) is 45.1 Å². The maximum atomic E-state index is 11.4. The summed E-state index contributed by atoms with van der Waals surface area (Å²) in [5.74, 6) is -0.0492. The van der Waals surface area contributed by atoms with Crippen LogP contribution in [0.3, 0.4) is 0 Å². The Kier molecular flexibility index (Phi) is 3.60. The number of fused-ring (bicyclic) bond motifs is 1. The molecule has 0 spiro atoms. The molecular weight excluding hydrogens is 200 g/mol. The number of aryl methyl sites for hydroxylation is 1. The summed E-state index contributed by atoms with van der Waals surface area (Å²) in [6.07, 6.45) is 4.37. The zero-order valence-corrected chi connectivity index (χ0v) is 9.74. The lowest BCUT2D eigenvalue weighted by atomic mass is 9.90. The Morgan fingerprint density at radius 2 is 2.12 bits per heavy atom. The smallest absolute Gasteiger partial charge is 0.306 e. The molecule has 2 nitrogen and oxygen atoms in total. The van der Waals surface area contributed by atoms with E-state index in [1.54, 1.807) is 0 Å². The van der Waals surface area contributed by atoms with E-state index in [-0.39, 0.29) is 12.1 Å². The normalized spacial score (nSPS) is 18.9. The summed E-state index contributed by atoms with van der Waals surface area (Å²) in [5.41, 5.74) is 2.74. The van der Waals surface area contributed by atoms with Gasteiger partial charge in [-0.15, -0.1) is 0 Å². The molecule has 0 bridgehead atoms. The lowest BCUT2D eigenvalue weighted by Crippen LogP contribution is -2.25. The molecule has 0 saturated heterocycles. The van der Waals surface area contributed by atoms with Crippen LogP contribution in [-0.2, 0) is 22.4 Å². The monoisotopic (exact) mass is 218 g/mol. The van der Waals surface area contributed by atoms with Gasteiger partial charge in [-0.25, -0.2) is 0 Å². The summed E-state index contributed by atoms with van der Waals surface area (Å²) in [7, 11) is 0. The number of ether oxygens (including phenoxy) is 1. The van der Waals surface area contributed by atoms with E-state index in [0.29, 0.717) is 6.42 Å². The quantitative estimate of drug-likeness (QED) is 0.729. The van der Waals surface area contributed by atoms with E-state index in [4.69, 9.17) is 4.74 Å². The Morgan fingerprint density at radius 3 is 2.88 bits per heavy atom. The molecule has 1 aliphatic carbocycles. The fourth-order valence-electron chi connectivity index (χ4n) is 2.21. The van der Waals surface area contributed by atoms with Gasteiger partial charge in [0.1, 0.15) is 6.10 Å². The van der Waals surface area contributed by atoms with Crippen LogP contribution in [0.25, 0.3) is 0 Å². The van der Waals surface area contributed by atoms with Gasteiger partial charge in [0.05, 0.1) is 0 Å². The van der Waals surface area contributed by atoms with E-state index in [2.05, 4.69) is 24.3 Å². The Hall–Kier alpha value is -1.31. The van der Waals surface area contributed by atoms with Crippen LogP contribution in [0.5, 0.6) is 0 Å². The number of benzene rings is 1. The van der Waals surface area contributed by atoms with Gasteiger partial charge in [-0.3, -0.25) is 4.79 Å². The predicted molar refractivity (Wildman–Crippen MR) is 63.3 cm³/mol. The van der Waals surface area contributed by atoms with Crippen molar-refractivity contribution in [2.75, 3.05) is 0 Å². The number of rotatable bonds is 3. The molecule has 1 aromatic carbocycles. The van der Waals surface area contributed by atoms with Crippen molar-refractivity contribution in [2.24, 2.45) is 0 Å². The van der Waals surface area contributed by atoms with Crippen LogP contribution in [0.2, 0.25) is 0 Å². The average Bonchev–Trinajstić information content (AvgIpc) is 2.29. The van der Waals surface area contributed by atoms with E-state index < -0.39 is 0 Å². The molecule has 0 fully saturated rings. The van der Waals surface area contributed by atoms with Gasteiger partial charge in [-0.2, -0.15) is 0 Å². The molecule has 0 amide bonds. The number of carbonyl (C=O) groups excluding carboxylic acids is 1. The van der Waals surface area contributed by atoms with E-state index >= 15 is 0 Å². The zero-order chi connectivity index (χ0) is 11.4. The molecule has 0 heterocycles. The Bertz CT molecular complexity index is 371. The molecule has 0 N–H and O–H groups in total. The largest absolute Gasteiger partial charge is 0.462 e. The van der Waals surface area contributed by atoms with Gasteiger partial charge in [0, 0.05) is 12.8 Å². The summed E-state index contributed by atoms with van der Waals surface area (Å²) in [5, 5.41) is 0. The third-order valence-corrected chi connectivity index (χ3v) is 3.05. The third-order valence-electron chi connectivity index (χ3n) is 3.05. The van der Waals surface area contributed by atoms with Gasteiger partial charge >= 0.3 is 5.97 Å². The maximum Gasteiger partial charge on any atom is 0.306 e. The molecule has 16 heavy (non-hydrogen) atoms. The van der Waals surface area contributed by atoms with Crippen LogP contribution < -0.4 is 0 Å². The van der Waals surface area contributed by atoms with Gasteiger partial charge in [0.15, 0.2) is 0 Å². The zero-order valence-electron chi connectivity index (χ0n) is 9.74. The summed E-state index contributed by atoms with van der Waals surface area (Å²) in [6.45, 7) is 2.00. The lowest BCUT2D eigenvalue weighted by Gasteiger charge is -2.24. The van der Waals surface area contributed by atoms with Crippen LogP contribution in [0, 0.1) is 0 Å². The molecule has 1 aliphatic rings. The summed E-state index contributed by atoms with van der Waals surface area (Å²) < 4.78 is 5.45. The average molecular weight is 218 g/mol. The SMILES string of the molecule is CCCC(=O)O[C@@H]1CCc2ccccc2C1. The van der Waals surface area contributed by atoms with E-state index in [1.807, 2.05) is 6.92 Å². The molecule has 1 aromatic rings. The summed E-state index contributed by atoms with van der Waals surface area (Å²) >= 11 is 0. The molecule has 2 rings (SSSR count). The number of carbonyl (C=O) groups is 1. The first-order valence-electron chi connectivity index (χ1n) is 6.06. The Labute approximate surface area is 96.6 Å². The highest BCUT2D eigenvalue weighted by Crippen LogP contribution is 2.23. The van der Waals surface area contributed by atoms with Gasteiger partial charge in [-0.05, 0) is 30.4 Å². The molecule has 86 valence electrons. The van der Waals surface area contributed by atoms with Crippen LogP contribution in [0.15, 0.2) is 24.3 Å². The predicted octanol–water partition coefficient (Wildman–Crippen LogP) is 2.89. The second-order valence-electron chi connectivity index (χ2n) is 4.37. The summed E-state index contributed by atoms with van der Waals surface area (Å²) in [6, 6.07) is 8.42. The van der Waals surface area contributed by atoms with Crippen LogP contribution in [0.4, 0.5) is 0 Å². The van der Waals surface area contributed by atoms with E-state index in [9.17, 15) is 4.79 Å². The minimum absolute atomic E-state index is 0.0492. The topological polar surface area (TPSA) is 26.3 Å². The van der Waals surface area contributed by atoms with Gasteiger partial charge < -0.3 is 4.74 Å². The molecule has 0 radical (unpaired) electrons. The van der Waals surface area contributed by atoms with Gasteiger partial charge in [-0.1, -0.05) is 31.2 Å². The van der Waals surface area contributed by atoms with Crippen molar-refractivity contribution in [1.82, 2.24) is 0 Å². The first kappa shape index (κ1) is 11.2. The highest BCUT2D eigenvalue weighted by molar-refractivity contribution is 5.69. The number of esters is 1. The molecule has 0 unspecified atom stereocenters.